The van der Waals surface area contributed by atoms with Crippen LogP contribution in [0, 0.1) is 0 Å². The van der Waals surface area contributed by atoms with E-state index >= 15 is 0 Å². The molecule has 0 aliphatic rings. The monoisotopic (exact) mass is 214 g/mol. The van der Waals surface area contributed by atoms with E-state index in [1.807, 2.05) is 19.1 Å². The van der Waals surface area contributed by atoms with Gasteiger partial charge in [0.25, 0.3) is 0 Å². The van der Waals surface area contributed by atoms with Crippen LogP contribution in [0.1, 0.15) is 13.3 Å². The minimum absolute atomic E-state index is 0.0546. The summed E-state index contributed by atoms with van der Waals surface area (Å²) >= 11 is 0. The summed E-state index contributed by atoms with van der Waals surface area (Å²) in [5.74, 6) is 0. The maximum absolute atomic E-state index is 10.7. The zero-order valence-electron chi connectivity index (χ0n) is 9.14. The molecule has 0 aliphatic carbocycles. The van der Waals surface area contributed by atoms with Gasteiger partial charge in [-0.25, -0.2) is 4.79 Å². The second-order valence-corrected chi connectivity index (χ2v) is 3.09. The Bertz CT molecular complexity index is 229. The van der Waals surface area contributed by atoms with Gasteiger partial charge in [-0.05, 0) is 13.5 Å². The summed E-state index contributed by atoms with van der Waals surface area (Å²) in [6.45, 7) is 2.19. The van der Waals surface area contributed by atoms with E-state index in [9.17, 15) is 9.59 Å². The highest BCUT2D eigenvalue weighted by atomic mass is 16.4. The highest BCUT2D eigenvalue weighted by Gasteiger charge is 2.14. The van der Waals surface area contributed by atoms with Crippen LogP contribution in [-0.2, 0) is 4.79 Å². The van der Waals surface area contributed by atoms with Crippen molar-refractivity contribution in [1.82, 2.24) is 10.2 Å². The minimum atomic E-state index is -1.08. The van der Waals surface area contributed by atoms with Gasteiger partial charge in [-0.15, -0.1) is 0 Å². The predicted octanol–water partition coefficient (Wildman–Crippen LogP) is 0.720. The number of allylic oxidation sites excluding steroid dienone is 1. The van der Waals surface area contributed by atoms with Crippen molar-refractivity contribution in [3.8, 4) is 0 Å². The summed E-state index contributed by atoms with van der Waals surface area (Å²) in [5, 5.41) is 11.8. The molecule has 0 aromatic heterocycles. The average molecular weight is 214 g/mol. The lowest BCUT2D eigenvalue weighted by molar-refractivity contribution is -0.108. The number of rotatable bonds is 7. The first-order valence-electron chi connectivity index (χ1n) is 4.91. The fraction of sp³-hybridized carbons (Fsp3) is 0.600. The summed E-state index contributed by atoms with van der Waals surface area (Å²) in [5.41, 5.74) is 0. The average Bonchev–Trinajstić information content (AvgIpc) is 2.22. The second kappa shape index (κ2) is 7.99. The van der Waals surface area contributed by atoms with E-state index in [0.29, 0.717) is 6.29 Å². The molecule has 1 unspecified atom stereocenters. The number of carbonyl (C=O) groups excluding carboxylic acids is 1. The quantitative estimate of drug-likeness (QED) is 0.484. The molecule has 5 heteroatoms. The van der Waals surface area contributed by atoms with Crippen LogP contribution in [0.15, 0.2) is 12.2 Å². The van der Waals surface area contributed by atoms with Gasteiger partial charge in [0.2, 0.25) is 0 Å². The summed E-state index contributed by atoms with van der Waals surface area (Å²) in [6, 6.07) is -0.0546. The van der Waals surface area contributed by atoms with Crippen molar-refractivity contribution in [2.24, 2.45) is 0 Å². The van der Waals surface area contributed by atoms with Gasteiger partial charge in [0.15, 0.2) is 0 Å². The van der Waals surface area contributed by atoms with Crippen LogP contribution in [0.25, 0.3) is 0 Å². The lowest BCUT2D eigenvalue weighted by Gasteiger charge is -2.21. The van der Waals surface area contributed by atoms with Gasteiger partial charge >= 0.3 is 6.09 Å². The standard InChI is InChI=1S/C10H18N2O3/c1-3-4-5-9(11-2)8-12(6-7-13)10(14)15/h4-5,7,9,11H,3,6,8H2,1-2H3,(H,14,15). The number of hydrogen-bond acceptors (Lipinski definition) is 3. The van der Waals surface area contributed by atoms with Crippen LogP contribution in [0.3, 0.4) is 0 Å². The van der Waals surface area contributed by atoms with Gasteiger partial charge < -0.3 is 15.2 Å². The lowest BCUT2D eigenvalue weighted by atomic mass is 10.2. The Kier molecular flexibility index (Phi) is 7.27. The lowest BCUT2D eigenvalue weighted by Crippen LogP contribution is -2.41. The van der Waals surface area contributed by atoms with Crippen LogP contribution in [0.5, 0.6) is 0 Å². The number of likely N-dealkylation sites (N-methyl/N-ethyl adjacent to an activating group) is 1. The van der Waals surface area contributed by atoms with Crippen molar-refractivity contribution in [2.45, 2.75) is 19.4 Å². The number of amides is 1. The van der Waals surface area contributed by atoms with E-state index < -0.39 is 6.09 Å². The number of hydrogen-bond donors (Lipinski definition) is 2. The Morgan fingerprint density at radius 2 is 2.27 bits per heavy atom. The van der Waals surface area contributed by atoms with Gasteiger partial charge in [-0.2, -0.15) is 0 Å². The largest absolute Gasteiger partial charge is 0.465 e. The zero-order valence-corrected chi connectivity index (χ0v) is 9.14. The van der Waals surface area contributed by atoms with E-state index in [1.54, 1.807) is 7.05 Å². The molecule has 0 aliphatic heterocycles. The maximum atomic E-state index is 10.7. The van der Waals surface area contributed by atoms with Crippen molar-refractivity contribution in [3.05, 3.63) is 12.2 Å². The van der Waals surface area contributed by atoms with E-state index in [4.69, 9.17) is 5.11 Å². The third-order valence-electron chi connectivity index (χ3n) is 1.96. The molecular weight excluding hydrogens is 196 g/mol. The first-order valence-corrected chi connectivity index (χ1v) is 4.91. The van der Waals surface area contributed by atoms with Crippen molar-refractivity contribution >= 4 is 12.4 Å². The smallest absolute Gasteiger partial charge is 0.407 e. The summed E-state index contributed by atoms with van der Waals surface area (Å²) in [6.07, 6.45) is 4.28. The first-order chi connectivity index (χ1) is 7.15. The van der Waals surface area contributed by atoms with Crippen molar-refractivity contribution in [1.29, 1.82) is 0 Å². The fourth-order valence-electron chi connectivity index (χ4n) is 1.11. The van der Waals surface area contributed by atoms with Crippen LogP contribution in [0.2, 0.25) is 0 Å². The zero-order chi connectivity index (χ0) is 11.7. The molecule has 0 aromatic carbocycles. The number of nitrogens with one attached hydrogen (secondary N) is 1. The Morgan fingerprint density at radius 1 is 1.60 bits per heavy atom. The van der Waals surface area contributed by atoms with Crippen molar-refractivity contribution in [3.63, 3.8) is 0 Å². The van der Waals surface area contributed by atoms with Crippen molar-refractivity contribution in [2.75, 3.05) is 20.1 Å². The highest BCUT2D eigenvalue weighted by Crippen LogP contribution is 1.95. The number of carbonyl (C=O) groups is 2. The molecule has 2 N–H and O–H groups in total. The third kappa shape index (κ3) is 5.85. The molecule has 0 saturated heterocycles. The van der Waals surface area contributed by atoms with Gasteiger partial charge in [-0.1, -0.05) is 19.1 Å². The van der Waals surface area contributed by atoms with Gasteiger partial charge in [0.05, 0.1) is 6.54 Å². The van der Waals surface area contributed by atoms with Crippen LogP contribution >= 0.6 is 0 Å². The van der Waals surface area contributed by atoms with Crippen LogP contribution in [0.4, 0.5) is 4.79 Å². The van der Waals surface area contributed by atoms with Crippen LogP contribution in [-0.4, -0.2) is 48.6 Å². The molecule has 0 saturated carbocycles. The predicted molar refractivity (Wildman–Crippen MR) is 57.9 cm³/mol. The topological polar surface area (TPSA) is 69.6 Å². The fourth-order valence-corrected chi connectivity index (χ4v) is 1.11. The minimum Gasteiger partial charge on any atom is -0.465 e. The van der Waals surface area contributed by atoms with Crippen LogP contribution < -0.4 is 5.32 Å². The highest BCUT2D eigenvalue weighted by molar-refractivity contribution is 5.69. The molecule has 0 heterocycles. The molecule has 15 heavy (non-hydrogen) atoms. The molecule has 1 atom stereocenters. The van der Waals surface area contributed by atoms with E-state index in [0.717, 1.165) is 11.3 Å². The maximum Gasteiger partial charge on any atom is 0.407 e. The summed E-state index contributed by atoms with van der Waals surface area (Å²) in [4.78, 5) is 22.1. The van der Waals surface area contributed by atoms with Gasteiger partial charge in [0.1, 0.15) is 6.29 Å². The van der Waals surface area contributed by atoms with Gasteiger partial charge in [0, 0.05) is 12.6 Å². The number of carboxylic acid groups (broad SMARTS) is 1. The molecule has 0 fully saturated rings. The SMILES string of the molecule is CCC=CC(CN(CC=O)C(=O)O)NC. The van der Waals surface area contributed by atoms with E-state index in [2.05, 4.69) is 5.32 Å². The van der Waals surface area contributed by atoms with E-state index in [-0.39, 0.29) is 19.1 Å². The molecule has 5 nitrogen and oxygen atoms in total. The first kappa shape index (κ1) is 13.6. The number of nitrogens with zero attached hydrogens (tertiary/aromatic N) is 1. The Balaban J connectivity index is 4.27. The molecule has 1 amide bonds. The summed E-state index contributed by atoms with van der Waals surface area (Å²) in [7, 11) is 1.76. The summed E-state index contributed by atoms with van der Waals surface area (Å²) < 4.78 is 0. The number of aldehydes is 1. The normalized spacial score (nSPS) is 12.7. The molecule has 86 valence electrons. The Hall–Kier alpha value is -1.36. The molecule has 0 rings (SSSR count). The molecule has 0 spiro atoms. The molecule has 0 radical (unpaired) electrons. The third-order valence-corrected chi connectivity index (χ3v) is 1.96. The van der Waals surface area contributed by atoms with E-state index in [1.165, 1.54) is 0 Å². The second-order valence-electron chi connectivity index (χ2n) is 3.09. The van der Waals surface area contributed by atoms with Gasteiger partial charge in [-0.3, -0.25) is 4.90 Å². The molecular formula is C10H18N2O3. The van der Waals surface area contributed by atoms with Crippen molar-refractivity contribution < 1.29 is 14.7 Å². The Labute approximate surface area is 89.8 Å². The Morgan fingerprint density at radius 3 is 2.67 bits per heavy atom. The molecule has 0 bridgehead atoms. The molecule has 0 aromatic rings.